The van der Waals surface area contributed by atoms with Gasteiger partial charge in [0.25, 0.3) is 10.2 Å². The number of nitrogens with one attached hydrogen (secondary N) is 1. The average molecular weight is 221 g/mol. The molecule has 0 aromatic heterocycles. The Labute approximate surface area is 85.8 Å². The maximum Gasteiger partial charge on any atom is 0.279 e. The Balaban J connectivity index is 2.55. The van der Waals surface area contributed by atoms with Crippen LogP contribution in [0.15, 0.2) is 0 Å². The van der Waals surface area contributed by atoms with Gasteiger partial charge in [-0.25, -0.2) is 0 Å². The lowest BCUT2D eigenvalue weighted by Crippen LogP contribution is -2.47. The van der Waals surface area contributed by atoms with Crippen molar-refractivity contribution in [2.24, 2.45) is 11.7 Å². The summed E-state index contributed by atoms with van der Waals surface area (Å²) in [6.07, 6.45) is 2.17. The maximum absolute atomic E-state index is 11.6. The highest BCUT2D eigenvalue weighted by Gasteiger charge is 2.33. The van der Waals surface area contributed by atoms with E-state index in [1.54, 1.807) is 14.0 Å². The van der Waals surface area contributed by atoms with Crippen molar-refractivity contribution in [3.8, 4) is 0 Å². The van der Waals surface area contributed by atoms with Crippen LogP contribution in [0.3, 0.4) is 0 Å². The molecule has 0 spiro atoms. The summed E-state index contributed by atoms with van der Waals surface area (Å²) in [6, 6.07) is -0.0889. The van der Waals surface area contributed by atoms with Crippen LogP contribution in [0.5, 0.6) is 0 Å². The average Bonchev–Trinajstić information content (AvgIpc) is 2.96. The van der Waals surface area contributed by atoms with Gasteiger partial charge in [0.1, 0.15) is 0 Å². The van der Waals surface area contributed by atoms with E-state index in [4.69, 9.17) is 5.73 Å². The number of nitrogens with two attached hydrogens (primary N) is 1. The van der Waals surface area contributed by atoms with Gasteiger partial charge in [0.15, 0.2) is 0 Å². The first-order valence-corrected chi connectivity index (χ1v) is 6.39. The van der Waals surface area contributed by atoms with Crippen molar-refractivity contribution >= 4 is 10.2 Å². The zero-order valence-corrected chi connectivity index (χ0v) is 9.55. The van der Waals surface area contributed by atoms with Crippen molar-refractivity contribution < 1.29 is 8.42 Å². The summed E-state index contributed by atoms with van der Waals surface area (Å²) >= 11 is 0. The van der Waals surface area contributed by atoms with E-state index < -0.39 is 10.2 Å². The molecule has 84 valence electrons. The number of nitrogens with zero attached hydrogens (tertiary/aromatic N) is 1. The standard InChI is InChI=1S/C8H19N3O2S/c1-3-11(2)14(12,13)10-8(6-9)7-4-5-7/h7-8,10H,3-6,9H2,1-2H3. The van der Waals surface area contributed by atoms with E-state index in [2.05, 4.69) is 4.72 Å². The molecule has 14 heavy (non-hydrogen) atoms. The molecule has 1 aliphatic carbocycles. The van der Waals surface area contributed by atoms with E-state index >= 15 is 0 Å². The van der Waals surface area contributed by atoms with E-state index in [0.717, 1.165) is 12.8 Å². The van der Waals surface area contributed by atoms with Gasteiger partial charge in [0, 0.05) is 26.2 Å². The second-order valence-corrected chi connectivity index (χ2v) is 5.53. The molecule has 0 aromatic rings. The molecule has 0 heterocycles. The molecule has 1 atom stereocenters. The Morgan fingerprint density at radius 3 is 2.50 bits per heavy atom. The Morgan fingerprint density at radius 2 is 2.14 bits per heavy atom. The molecular weight excluding hydrogens is 202 g/mol. The molecule has 1 unspecified atom stereocenters. The smallest absolute Gasteiger partial charge is 0.279 e. The maximum atomic E-state index is 11.6. The van der Waals surface area contributed by atoms with Crippen molar-refractivity contribution in [2.75, 3.05) is 20.1 Å². The Kier molecular flexibility index (Phi) is 3.88. The summed E-state index contributed by atoms with van der Waals surface area (Å²) < 4.78 is 27.2. The summed E-state index contributed by atoms with van der Waals surface area (Å²) in [7, 11) is -1.77. The van der Waals surface area contributed by atoms with Crippen LogP contribution in [-0.4, -0.2) is 38.9 Å². The van der Waals surface area contributed by atoms with Crippen molar-refractivity contribution in [1.29, 1.82) is 0 Å². The summed E-state index contributed by atoms with van der Waals surface area (Å²) in [6.45, 7) is 2.65. The van der Waals surface area contributed by atoms with E-state index in [1.165, 1.54) is 4.31 Å². The van der Waals surface area contributed by atoms with Gasteiger partial charge in [-0.2, -0.15) is 17.4 Å². The molecule has 0 amide bonds. The second kappa shape index (κ2) is 4.57. The number of hydrogen-bond donors (Lipinski definition) is 2. The first kappa shape index (κ1) is 11.9. The summed E-state index contributed by atoms with van der Waals surface area (Å²) in [4.78, 5) is 0. The molecule has 0 radical (unpaired) electrons. The summed E-state index contributed by atoms with van der Waals surface area (Å²) in [5.41, 5.74) is 5.52. The highest BCUT2D eigenvalue weighted by Crippen LogP contribution is 2.32. The largest absolute Gasteiger partial charge is 0.329 e. The quantitative estimate of drug-likeness (QED) is 0.635. The number of hydrogen-bond acceptors (Lipinski definition) is 3. The monoisotopic (exact) mass is 221 g/mol. The summed E-state index contributed by atoms with van der Waals surface area (Å²) in [5, 5.41) is 0. The Morgan fingerprint density at radius 1 is 1.57 bits per heavy atom. The van der Waals surface area contributed by atoms with Gasteiger partial charge >= 0.3 is 0 Å². The van der Waals surface area contributed by atoms with E-state index in [9.17, 15) is 8.42 Å². The van der Waals surface area contributed by atoms with Gasteiger partial charge in [0.05, 0.1) is 0 Å². The van der Waals surface area contributed by atoms with Crippen LogP contribution in [-0.2, 0) is 10.2 Å². The van der Waals surface area contributed by atoms with Crippen LogP contribution >= 0.6 is 0 Å². The van der Waals surface area contributed by atoms with Crippen LogP contribution < -0.4 is 10.5 Å². The van der Waals surface area contributed by atoms with E-state index in [1.807, 2.05) is 0 Å². The highest BCUT2D eigenvalue weighted by atomic mass is 32.2. The van der Waals surface area contributed by atoms with Crippen LogP contribution in [0.4, 0.5) is 0 Å². The molecule has 3 N–H and O–H groups in total. The fourth-order valence-electron chi connectivity index (χ4n) is 1.29. The van der Waals surface area contributed by atoms with Gasteiger partial charge in [-0.05, 0) is 18.8 Å². The van der Waals surface area contributed by atoms with Gasteiger partial charge in [0.2, 0.25) is 0 Å². The van der Waals surface area contributed by atoms with Crippen molar-refractivity contribution in [3.63, 3.8) is 0 Å². The Bertz CT molecular complexity index is 274. The minimum atomic E-state index is -3.32. The summed E-state index contributed by atoms with van der Waals surface area (Å²) in [5.74, 6) is 0.444. The lowest BCUT2D eigenvalue weighted by atomic mass is 10.2. The molecule has 0 bridgehead atoms. The first-order chi connectivity index (χ1) is 6.51. The van der Waals surface area contributed by atoms with Crippen molar-refractivity contribution in [3.05, 3.63) is 0 Å². The molecule has 0 aliphatic heterocycles. The Hall–Kier alpha value is -0.170. The molecule has 0 saturated heterocycles. The predicted octanol–water partition coefficient (Wildman–Crippen LogP) is -0.490. The third-order valence-corrected chi connectivity index (χ3v) is 4.28. The van der Waals surface area contributed by atoms with Gasteiger partial charge in [-0.1, -0.05) is 6.92 Å². The first-order valence-electron chi connectivity index (χ1n) is 4.95. The lowest BCUT2D eigenvalue weighted by molar-refractivity contribution is 0.448. The highest BCUT2D eigenvalue weighted by molar-refractivity contribution is 7.87. The SMILES string of the molecule is CCN(C)S(=O)(=O)NC(CN)C1CC1. The third-order valence-electron chi connectivity index (χ3n) is 2.60. The van der Waals surface area contributed by atoms with Gasteiger partial charge in [-0.3, -0.25) is 0 Å². The topological polar surface area (TPSA) is 75.4 Å². The molecule has 1 fully saturated rings. The normalized spacial score (nSPS) is 20.0. The van der Waals surface area contributed by atoms with Gasteiger partial charge < -0.3 is 5.73 Å². The lowest BCUT2D eigenvalue weighted by Gasteiger charge is -2.21. The second-order valence-electron chi connectivity index (χ2n) is 3.72. The van der Waals surface area contributed by atoms with Gasteiger partial charge in [-0.15, -0.1) is 0 Å². The zero-order valence-electron chi connectivity index (χ0n) is 8.73. The third kappa shape index (κ3) is 2.91. The van der Waals surface area contributed by atoms with Crippen molar-refractivity contribution in [1.82, 2.24) is 9.03 Å². The molecule has 1 aliphatic rings. The van der Waals surface area contributed by atoms with E-state index in [-0.39, 0.29) is 6.04 Å². The molecular formula is C8H19N3O2S. The molecule has 5 nitrogen and oxygen atoms in total. The van der Waals surface area contributed by atoms with Crippen LogP contribution in [0.1, 0.15) is 19.8 Å². The predicted molar refractivity (Wildman–Crippen MR) is 55.9 cm³/mol. The van der Waals surface area contributed by atoms with E-state index in [0.29, 0.717) is 19.0 Å². The van der Waals surface area contributed by atoms with Crippen LogP contribution in [0.25, 0.3) is 0 Å². The van der Waals surface area contributed by atoms with Crippen LogP contribution in [0.2, 0.25) is 0 Å². The van der Waals surface area contributed by atoms with Crippen molar-refractivity contribution in [2.45, 2.75) is 25.8 Å². The zero-order chi connectivity index (χ0) is 10.8. The number of rotatable bonds is 6. The molecule has 6 heteroatoms. The molecule has 0 aromatic carbocycles. The molecule has 1 saturated carbocycles. The molecule has 1 rings (SSSR count). The fraction of sp³-hybridized carbons (Fsp3) is 1.00. The minimum absolute atomic E-state index is 0.0889. The minimum Gasteiger partial charge on any atom is -0.329 e. The fourth-order valence-corrected chi connectivity index (χ4v) is 2.48. The van der Waals surface area contributed by atoms with Crippen LogP contribution in [0, 0.1) is 5.92 Å².